The Morgan fingerprint density at radius 2 is 2.12 bits per heavy atom. The van der Waals surface area contributed by atoms with Gasteiger partial charge in [-0.25, -0.2) is 11.8 Å². The lowest BCUT2D eigenvalue weighted by molar-refractivity contribution is 0.0310. The summed E-state index contributed by atoms with van der Waals surface area (Å²) < 4.78 is 0. The maximum Gasteiger partial charge on any atom is 0.0782 e. The van der Waals surface area contributed by atoms with Crippen LogP contribution in [-0.4, -0.2) is 12.7 Å². The van der Waals surface area contributed by atoms with Gasteiger partial charge in [0.1, 0.15) is 0 Å². The summed E-state index contributed by atoms with van der Waals surface area (Å²) in [4.78, 5) is 8.70. The molecule has 4 N–H and O–H groups in total. The van der Waals surface area contributed by atoms with Crippen LogP contribution in [0.3, 0.4) is 0 Å². The average molecular weight is 120 g/mol. The third kappa shape index (κ3) is 4.01. The summed E-state index contributed by atoms with van der Waals surface area (Å²) in [7, 11) is 0. The Kier molecular flexibility index (Phi) is 4.89. The molecule has 0 heterocycles. The van der Waals surface area contributed by atoms with Crippen LogP contribution in [0.25, 0.3) is 0 Å². The van der Waals surface area contributed by atoms with Crippen molar-refractivity contribution >= 4 is 0 Å². The van der Waals surface area contributed by atoms with Crippen molar-refractivity contribution < 1.29 is 9.68 Å². The van der Waals surface area contributed by atoms with Crippen LogP contribution in [0, 0.1) is 0 Å². The van der Waals surface area contributed by atoms with Crippen LogP contribution in [0.5, 0.6) is 0 Å². The molecule has 0 aromatic carbocycles. The van der Waals surface area contributed by atoms with E-state index in [0.29, 0.717) is 6.61 Å². The molecule has 0 saturated carbocycles. The van der Waals surface area contributed by atoms with Crippen LogP contribution < -0.4 is 11.8 Å². The molecule has 0 aliphatic carbocycles. The third-order valence-electron chi connectivity index (χ3n) is 0.875. The number of nitrogens with two attached hydrogens (primary N) is 2. The van der Waals surface area contributed by atoms with E-state index in [9.17, 15) is 0 Å². The largest absolute Gasteiger partial charge is 0.305 e. The topological polar surface area (TPSA) is 70.5 Å². The Hall–Kier alpha value is -0.160. The molecular formula is C4H12N2O2. The highest BCUT2D eigenvalue weighted by Crippen LogP contribution is 1.90. The van der Waals surface area contributed by atoms with Crippen molar-refractivity contribution in [3.05, 3.63) is 0 Å². The fourth-order valence-corrected chi connectivity index (χ4v) is 0.302. The van der Waals surface area contributed by atoms with E-state index in [0.717, 1.165) is 6.42 Å². The van der Waals surface area contributed by atoms with Crippen LogP contribution in [0.1, 0.15) is 13.3 Å². The standard InChI is InChI=1S/C4H12N2O2/c1-4(8-6)2-3-7-5/h4H,2-3,5-6H2,1H3. The van der Waals surface area contributed by atoms with Gasteiger partial charge in [-0.15, -0.1) is 0 Å². The maximum absolute atomic E-state index is 4.82. The SMILES string of the molecule is CC(CCON)ON. The van der Waals surface area contributed by atoms with Gasteiger partial charge in [-0.2, -0.15) is 0 Å². The lowest BCUT2D eigenvalue weighted by atomic mass is 10.3. The number of hydrogen-bond acceptors (Lipinski definition) is 4. The quantitative estimate of drug-likeness (QED) is 0.493. The summed E-state index contributed by atoms with van der Waals surface area (Å²) in [6.45, 7) is 2.33. The highest BCUT2D eigenvalue weighted by molar-refractivity contribution is 4.44. The molecule has 0 rings (SSSR count). The zero-order valence-electron chi connectivity index (χ0n) is 4.96. The molecule has 8 heavy (non-hydrogen) atoms. The molecule has 4 nitrogen and oxygen atoms in total. The van der Waals surface area contributed by atoms with Gasteiger partial charge in [-0.05, 0) is 6.92 Å². The molecule has 1 atom stereocenters. The smallest absolute Gasteiger partial charge is 0.0782 e. The van der Waals surface area contributed by atoms with E-state index in [1.807, 2.05) is 6.92 Å². The van der Waals surface area contributed by atoms with E-state index in [1.165, 1.54) is 0 Å². The zero-order chi connectivity index (χ0) is 6.41. The lowest BCUT2D eigenvalue weighted by Crippen LogP contribution is -2.16. The van der Waals surface area contributed by atoms with Gasteiger partial charge in [0.05, 0.1) is 12.7 Å². The van der Waals surface area contributed by atoms with E-state index in [-0.39, 0.29) is 6.10 Å². The van der Waals surface area contributed by atoms with Gasteiger partial charge in [0, 0.05) is 6.42 Å². The van der Waals surface area contributed by atoms with Crippen molar-refractivity contribution in [2.24, 2.45) is 11.8 Å². The summed E-state index contributed by atoms with van der Waals surface area (Å²) in [5.74, 6) is 9.55. The van der Waals surface area contributed by atoms with E-state index >= 15 is 0 Å². The highest BCUT2D eigenvalue weighted by atomic mass is 16.6. The van der Waals surface area contributed by atoms with Crippen molar-refractivity contribution in [1.29, 1.82) is 0 Å². The molecule has 0 bridgehead atoms. The average Bonchev–Trinajstić information content (AvgIpc) is 1.83. The first-order chi connectivity index (χ1) is 3.81. The second kappa shape index (κ2) is 4.99. The first kappa shape index (κ1) is 7.84. The van der Waals surface area contributed by atoms with Crippen molar-refractivity contribution in [2.75, 3.05) is 6.61 Å². The molecule has 0 spiro atoms. The molecule has 0 aliphatic heterocycles. The maximum atomic E-state index is 4.82. The van der Waals surface area contributed by atoms with Crippen molar-refractivity contribution in [1.82, 2.24) is 0 Å². The molecular weight excluding hydrogens is 108 g/mol. The second-order valence-corrected chi connectivity index (χ2v) is 1.61. The Morgan fingerprint density at radius 3 is 2.50 bits per heavy atom. The zero-order valence-corrected chi connectivity index (χ0v) is 4.96. The van der Waals surface area contributed by atoms with Gasteiger partial charge in [-0.3, -0.25) is 0 Å². The Labute approximate surface area is 48.6 Å². The number of hydrogen-bond donors (Lipinski definition) is 2. The first-order valence-electron chi connectivity index (χ1n) is 2.48. The molecule has 1 unspecified atom stereocenters. The van der Waals surface area contributed by atoms with Gasteiger partial charge in [-0.1, -0.05) is 0 Å². The van der Waals surface area contributed by atoms with Crippen LogP contribution in [0.4, 0.5) is 0 Å². The van der Waals surface area contributed by atoms with Crippen LogP contribution >= 0.6 is 0 Å². The number of rotatable bonds is 4. The van der Waals surface area contributed by atoms with E-state index in [2.05, 4.69) is 9.68 Å². The Balaban J connectivity index is 2.86. The molecule has 0 aromatic rings. The van der Waals surface area contributed by atoms with Crippen molar-refractivity contribution in [2.45, 2.75) is 19.4 Å². The molecule has 0 aliphatic rings. The van der Waals surface area contributed by atoms with Crippen molar-refractivity contribution in [3.63, 3.8) is 0 Å². The van der Waals surface area contributed by atoms with Gasteiger partial charge < -0.3 is 9.68 Å². The molecule has 0 aromatic heterocycles. The lowest BCUT2D eigenvalue weighted by Gasteiger charge is -2.04. The van der Waals surface area contributed by atoms with Gasteiger partial charge in [0.25, 0.3) is 0 Å². The summed E-state index contributed by atoms with van der Waals surface area (Å²) >= 11 is 0. The molecule has 0 amide bonds. The van der Waals surface area contributed by atoms with Gasteiger partial charge in [0.2, 0.25) is 0 Å². The van der Waals surface area contributed by atoms with Gasteiger partial charge in [0.15, 0.2) is 0 Å². The fourth-order valence-electron chi connectivity index (χ4n) is 0.302. The fraction of sp³-hybridized carbons (Fsp3) is 1.00. The Morgan fingerprint density at radius 1 is 1.50 bits per heavy atom. The molecule has 0 radical (unpaired) electrons. The van der Waals surface area contributed by atoms with E-state index < -0.39 is 0 Å². The van der Waals surface area contributed by atoms with Crippen LogP contribution in [0.15, 0.2) is 0 Å². The summed E-state index contributed by atoms with van der Waals surface area (Å²) in [5, 5.41) is 0. The first-order valence-corrected chi connectivity index (χ1v) is 2.48. The third-order valence-corrected chi connectivity index (χ3v) is 0.875. The molecule has 4 heteroatoms. The van der Waals surface area contributed by atoms with Crippen molar-refractivity contribution in [3.8, 4) is 0 Å². The summed E-state index contributed by atoms with van der Waals surface area (Å²) in [6, 6.07) is 0. The second-order valence-electron chi connectivity index (χ2n) is 1.61. The summed E-state index contributed by atoms with van der Waals surface area (Å²) in [6.07, 6.45) is 0.756. The molecule has 0 fully saturated rings. The monoisotopic (exact) mass is 120 g/mol. The van der Waals surface area contributed by atoms with E-state index in [1.54, 1.807) is 0 Å². The predicted molar refractivity (Wildman–Crippen MR) is 29.5 cm³/mol. The van der Waals surface area contributed by atoms with Gasteiger partial charge >= 0.3 is 0 Å². The molecule has 50 valence electrons. The van der Waals surface area contributed by atoms with Crippen LogP contribution in [0.2, 0.25) is 0 Å². The summed E-state index contributed by atoms with van der Waals surface area (Å²) in [5.41, 5.74) is 0. The normalized spacial score (nSPS) is 13.9. The highest BCUT2D eigenvalue weighted by Gasteiger charge is 1.96. The van der Waals surface area contributed by atoms with E-state index in [4.69, 9.17) is 11.8 Å². The van der Waals surface area contributed by atoms with Crippen LogP contribution in [-0.2, 0) is 9.68 Å². The Bertz CT molecular complexity index is 51.3. The predicted octanol–water partition coefficient (Wildman–Crippen LogP) is -0.454. The minimum atomic E-state index is 0.0264. The minimum Gasteiger partial charge on any atom is -0.305 e. The molecule has 0 saturated heterocycles. The minimum absolute atomic E-state index is 0.0264.